The molecule has 3 aromatic heterocycles. The van der Waals surface area contributed by atoms with E-state index >= 15 is 0 Å². The van der Waals surface area contributed by atoms with Crippen LogP contribution in [0.1, 0.15) is 64.1 Å². The highest BCUT2D eigenvalue weighted by Crippen LogP contribution is 2.43. The van der Waals surface area contributed by atoms with Crippen LogP contribution in [0.5, 0.6) is 0 Å². The van der Waals surface area contributed by atoms with Gasteiger partial charge in [-0.15, -0.1) is 0 Å². The van der Waals surface area contributed by atoms with Crippen LogP contribution in [0, 0.1) is 0 Å². The lowest BCUT2D eigenvalue weighted by atomic mass is 9.86. The van der Waals surface area contributed by atoms with Crippen molar-refractivity contribution >= 4 is 51.6 Å². The number of amides is 4. The zero-order valence-electron chi connectivity index (χ0n) is 35.5. The summed E-state index contributed by atoms with van der Waals surface area (Å²) in [5.74, 6) is -1.33. The molecule has 5 heterocycles. The van der Waals surface area contributed by atoms with Crippen LogP contribution < -0.4 is 26.8 Å². The molecule has 0 bridgehead atoms. The maximum atomic E-state index is 14.0. The molecular weight excluding hydrogens is 793 g/mol. The van der Waals surface area contributed by atoms with Crippen molar-refractivity contribution in [1.82, 2.24) is 40.0 Å². The highest BCUT2D eigenvalue weighted by atomic mass is 16.5. The van der Waals surface area contributed by atoms with Crippen LogP contribution in [-0.2, 0) is 31.8 Å². The predicted octanol–water partition coefficient (Wildman–Crippen LogP) is 3.44. The first kappa shape index (κ1) is 42.4. The molecule has 1 aliphatic carbocycles. The second-order valence-electron chi connectivity index (χ2n) is 17.0. The third kappa shape index (κ3) is 8.46. The van der Waals surface area contributed by atoms with Gasteiger partial charge in [0.15, 0.2) is 5.60 Å². The van der Waals surface area contributed by atoms with Crippen molar-refractivity contribution < 1.29 is 29.0 Å². The molecule has 0 spiro atoms. The summed E-state index contributed by atoms with van der Waals surface area (Å²) >= 11 is 0. The van der Waals surface area contributed by atoms with E-state index in [1.807, 2.05) is 67.7 Å². The van der Waals surface area contributed by atoms with Crippen LogP contribution >= 0.6 is 0 Å². The van der Waals surface area contributed by atoms with Gasteiger partial charge in [0, 0.05) is 87.0 Å². The molecule has 2 aliphatic heterocycles. The lowest BCUT2D eigenvalue weighted by Gasteiger charge is -2.48. The average Bonchev–Trinajstić information content (AvgIpc) is 3.93. The van der Waals surface area contributed by atoms with Gasteiger partial charge in [-0.2, -0.15) is 0 Å². The summed E-state index contributed by atoms with van der Waals surface area (Å²) in [5.41, 5.74) is 7.99. The largest absolute Gasteiger partial charge is 0.465 e. The van der Waals surface area contributed by atoms with Gasteiger partial charge >= 0.3 is 6.09 Å². The molecule has 62 heavy (non-hydrogen) atoms. The number of nitrogens with one attached hydrogen (secondary N) is 3. The number of nitrogens with two attached hydrogens (primary N) is 1. The number of piperidine rings is 1. The first-order valence-corrected chi connectivity index (χ1v) is 21.3. The third-order valence-electron chi connectivity index (χ3n) is 12.5. The van der Waals surface area contributed by atoms with E-state index in [2.05, 4.69) is 32.3 Å². The number of rotatable bonds is 13. The number of hydrogen-bond donors (Lipinski definition) is 5. The van der Waals surface area contributed by atoms with Gasteiger partial charge in [-0.25, -0.2) is 14.8 Å². The quantitative estimate of drug-likeness (QED) is 0.116. The normalized spacial score (nSPS) is 20.2. The summed E-state index contributed by atoms with van der Waals surface area (Å²) in [4.78, 5) is 83.0. The zero-order valence-corrected chi connectivity index (χ0v) is 35.5. The Balaban J connectivity index is 1.24. The SMILES string of the molecule is CC(=O)NC(CC(N)=O)C(=O)NCC(OC1CC1)(c1ccccc1)c1nc(N2CCC(N3C[C@@H](C)N(C(=O)O)C[C@@H]3C)CC2)nc2ccc(-c3cn(C)c(=O)c4[nH]ccc34)cc12. The van der Waals surface area contributed by atoms with E-state index in [0.717, 1.165) is 47.8 Å². The van der Waals surface area contributed by atoms with Crippen LogP contribution in [0.2, 0.25) is 0 Å². The summed E-state index contributed by atoms with van der Waals surface area (Å²) in [7, 11) is 1.72. The molecule has 2 aromatic carbocycles. The number of H-pyrrole nitrogens is 1. The van der Waals surface area contributed by atoms with Crippen molar-refractivity contribution in [1.29, 1.82) is 0 Å². The average molecular weight is 847 g/mol. The van der Waals surface area contributed by atoms with Gasteiger partial charge in [0.2, 0.25) is 23.7 Å². The Morgan fingerprint density at radius 2 is 1.73 bits per heavy atom. The van der Waals surface area contributed by atoms with E-state index in [4.69, 9.17) is 20.4 Å². The molecular formula is C45H54N10O7. The fraction of sp³-hybridized carbons (Fsp3) is 0.444. The third-order valence-corrected chi connectivity index (χ3v) is 12.5. The number of carbonyl (C=O) groups excluding carboxylic acids is 3. The number of fused-ring (bicyclic) bond motifs is 2. The number of nitrogens with zero attached hydrogens (tertiary/aromatic N) is 6. The molecule has 1 saturated carbocycles. The van der Waals surface area contributed by atoms with E-state index in [9.17, 15) is 29.1 Å². The van der Waals surface area contributed by atoms with Crippen molar-refractivity contribution in [2.24, 2.45) is 12.8 Å². The van der Waals surface area contributed by atoms with Gasteiger partial charge in [-0.05, 0) is 68.9 Å². The zero-order chi connectivity index (χ0) is 43.9. The second kappa shape index (κ2) is 17.2. The Morgan fingerprint density at radius 3 is 2.40 bits per heavy atom. The minimum Gasteiger partial charge on any atom is -0.465 e. The number of aromatic nitrogens is 4. The van der Waals surface area contributed by atoms with E-state index < -0.39 is 41.9 Å². The molecule has 2 unspecified atom stereocenters. The van der Waals surface area contributed by atoms with E-state index in [1.165, 1.54) is 11.8 Å². The standard InChI is InChI=1S/C45H54N10O7/c1-26-23-55(44(60)61)27(2)22-54(26)31-15-18-53(19-16-31)43-50-36-13-10-29(35-24-52(4)42(59)39-33(35)14-17-47-39)20-34(36)40(51-43)45(62-32-11-12-32,30-8-6-5-7-9-30)25-48-41(58)37(21-38(46)57)49-28(3)56/h5-10,13-14,17,20,24,26-27,31-32,37,47H,11-12,15-16,18-19,21-23,25H2,1-4H3,(H2,46,57)(H,48,58)(H,49,56)(H,60,61)/t26-,27+,37?,45?/m0/s1. The van der Waals surface area contributed by atoms with Crippen LogP contribution in [-0.4, -0.2) is 121 Å². The van der Waals surface area contributed by atoms with Crippen LogP contribution in [0.15, 0.2) is 71.8 Å². The number of aromatic amines is 1. The molecule has 2 saturated heterocycles. The summed E-state index contributed by atoms with van der Waals surface area (Å²) < 4.78 is 8.69. The van der Waals surface area contributed by atoms with E-state index in [-0.39, 0.29) is 36.3 Å². The van der Waals surface area contributed by atoms with E-state index in [0.29, 0.717) is 54.2 Å². The number of carboxylic acid groups (broad SMARTS) is 1. The van der Waals surface area contributed by atoms with Gasteiger partial charge in [-0.1, -0.05) is 36.4 Å². The first-order valence-electron chi connectivity index (χ1n) is 21.3. The Labute approximate surface area is 358 Å². The molecule has 326 valence electrons. The molecule has 4 atom stereocenters. The molecule has 17 nitrogen and oxygen atoms in total. The number of primary amides is 1. The summed E-state index contributed by atoms with van der Waals surface area (Å²) in [5, 5.41) is 16.8. The van der Waals surface area contributed by atoms with Crippen molar-refractivity contribution in [2.45, 2.75) is 88.7 Å². The molecule has 8 rings (SSSR count). The van der Waals surface area contributed by atoms with Gasteiger partial charge in [-0.3, -0.25) is 24.1 Å². The van der Waals surface area contributed by atoms with E-state index in [1.54, 1.807) is 17.8 Å². The number of carbonyl (C=O) groups is 4. The van der Waals surface area contributed by atoms with Crippen molar-refractivity contribution in [3.8, 4) is 11.1 Å². The van der Waals surface area contributed by atoms with Crippen LogP contribution in [0.25, 0.3) is 32.9 Å². The summed E-state index contributed by atoms with van der Waals surface area (Å²) in [6.45, 7) is 7.63. The Kier molecular flexibility index (Phi) is 11.8. The van der Waals surface area contributed by atoms with Crippen LogP contribution in [0.4, 0.5) is 10.7 Å². The molecule has 3 fully saturated rings. The molecule has 5 aromatic rings. The number of pyridine rings is 1. The molecule has 17 heteroatoms. The Hall–Kier alpha value is -6.33. The van der Waals surface area contributed by atoms with Gasteiger partial charge < -0.3 is 45.6 Å². The number of anilines is 1. The van der Waals surface area contributed by atoms with Crippen molar-refractivity contribution in [3.05, 3.63) is 88.6 Å². The molecule has 6 N–H and O–H groups in total. The number of benzene rings is 2. The van der Waals surface area contributed by atoms with Crippen molar-refractivity contribution in [3.63, 3.8) is 0 Å². The fourth-order valence-electron chi connectivity index (χ4n) is 9.21. The fourth-order valence-corrected chi connectivity index (χ4v) is 9.21. The smallest absolute Gasteiger partial charge is 0.407 e. The topological polar surface area (TPSA) is 221 Å². The molecule has 0 radical (unpaired) electrons. The number of ether oxygens (including phenoxy) is 1. The second-order valence-corrected chi connectivity index (χ2v) is 17.0. The highest BCUT2D eigenvalue weighted by molar-refractivity contribution is 5.97. The molecule has 4 amide bonds. The summed E-state index contributed by atoms with van der Waals surface area (Å²) in [6, 6.07) is 16.4. The highest BCUT2D eigenvalue weighted by Gasteiger charge is 2.45. The van der Waals surface area contributed by atoms with Gasteiger partial charge in [0.05, 0.1) is 30.3 Å². The Bertz CT molecular complexity index is 2550. The lowest BCUT2D eigenvalue weighted by molar-refractivity contribution is -0.131. The number of aryl methyl sites for hydroxylation is 1. The maximum absolute atomic E-state index is 14.0. The van der Waals surface area contributed by atoms with Gasteiger partial charge in [0.1, 0.15) is 11.6 Å². The summed E-state index contributed by atoms with van der Waals surface area (Å²) in [6.07, 6.45) is 5.37. The first-order chi connectivity index (χ1) is 29.7. The molecule has 3 aliphatic rings. The Morgan fingerprint density at radius 1 is 0.984 bits per heavy atom. The minimum atomic E-state index is -1.39. The van der Waals surface area contributed by atoms with Crippen molar-refractivity contribution in [2.75, 3.05) is 37.6 Å². The monoisotopic (exact) mass is 846 g/mol. The minimum absolute atomic E-state index is 0.0746. The maximum Gasteiger partial charge on any atom is 0.407 e. The number of hydrogen-bond acceptors (Lipinski definition) is 10. The lowest BCUT2D eigenvalue weighted by Crippen LogP contribution is -2.61. The van der Waals surface area contributed by atoms with Crippen LogP contribution in [0.3, 0.4) is 0 Å². The number of piperazine rings is 1. The predicted molar refractivity (Wildman–Crippen MR) is 233 cm³/mol. The van der Waals surface area contributed by atoms with Gasteiger partial charge in [0.25, 0.3) is 5.56 Å².